The Labute approximate surface area is 105 Å². The van der Waals surface area contributed by atoms with Crippen molar-refractivity contribution in [2.45, 2.75) is 17.2 Å². The Hall–Kier alpha value is -1.32. The van der Waals surface area contributed by atoms with Crippen molar-refractivity contribution in [1.82, 2.24) is 0 Å². The van der Waals surface area contributed by atoms with Crippen LogP contribution in [0.2, 0.25) is 0 Å². The fourth-order valence-electron chi connectivity index (χ4n) is 1.57. The summed E-state index contributed by atoms with van der Waals surface area (Å²) in [5.41, 5.74) is 7.86. The lowest BCUT2D eigenvalue weighted by Gasteiger charge is -2.04. The third-order valence-electron chi connectivity index (χ3n) is 2.46. The van der Waals surface area contributed by atoms with Gasteiger partial charge in [0.1, 0.15) is 5.82 Å². The number of hydrogen-bond acceptors (Lipinski definition) is 2. The van der Waals surface area contributed by atoms with Crippen molar-refractivity contribution in [3.05, 3.63) is 65.5 Å². The van der Waals surface area contributed by atoms with Crippen LogP contribution in [0.3, 0.4) is 0 Å². The third-order valence-corrected chi connectivity index (χ3v) is 3.58. The van der Waals surface area contributed by atoms with Gasteiger partial charge in [0, 0.05) is 17.2 Å². The Balaban J connectivity index is 2.05. The van der Waals surface area contributed by atoms with Crippen LogP contribution in [0.4, 0.5) is 4.39 Å². The third kappa shape index (κ3) is 3.32. The summed E-state index contributed by atoms with van der Waals surface area (Å²) in [7, 11) is 0. The zero-order valence-corrected chi connectivity index (χ0v) is 10.2. The quantitative estimate of drug-likeness (QED) is 0.836. The molecule has 0 saturated carbocycles. The van der Waals surface area contributed by atoms with Crippen molar-refractivity contribution in [1.29, 1.82) is 0 Å². The number of hydrogen-bond donors (Lipinski definition) is 1. The highest BCUT2D eigenvalue weighted by molar-refractivity contribution is 7.98. The zero-order chi connectivity index (χ0) is 12.1. The lowest BCUT2D eigenvalue weighted by atomic mass is 10.1. The summed E-state index contributed by atoms with van der Waals surface area (Å²) in [5, 5.41) is 0. The average Bonchev–Trinajstić information content (AvgIpc) is 2.38. The van der Waals surface area contributed by atoms with Crippen molar-refractivity contribution in [3.8, 4) is 0 Å². The minimum atomic E-state index is -0.160. The van der Waals surface area contributed by atoms with Crippen LogP contribution < -0.4 is 5.73 Å². The molecule has 0 radical (unpaired) electrons. The van der Waals surface area contributed by atoms with Gasteiger partial charge in [-0.25, -0.2) is 4.39 Å². The molecule has 0 bridgehead atoms. The number of nitrogens with two attached hydrogens (primary N) is 1. The molecule has 0 fully saturated rings. The Morgan fingerprint density at radius 3 is 2.53 bits per heavy atom. The summed E-state index contributed by atoms with van der Waals surface area (Å²) in [6.07, 6.45) is 0. The molecular formula is C14H14FNS. The predicted octanol–water partition coefficient (Wildman–Crippen LogP) is 3.58. The van der Waals surface area contributed by atoms with Gasteiger partial charge in [-0.2, -0.15) is 0 Å². The molecule has 0 aliphatic carbocycles. The van der Waals surface area contributed by atoms with Gasteiger partial charge in [0.15, 0.2) is 0 Å². The molecular weight excluding hydrogens is 233 g/mol. The van der Waals surface area contributed by atoms with Gasteiger partial charge in [-0.1, -0.05) is 36.4 Å². The van der Waals surface area contributed by atoms with Gasteiger partial charge in [-0.3, -0.25) is 0 Å². The molecule has 0 unspecified atom stereocenters. The second kappa shape index (κ2) is 5.84. The molecule has 0 spiro atoms. The fraction of sp³-hybridized carbons (Fsp3) is 0.143. The first-order valence-corrected chi connectivity index (χ1v) is 6.43. The molecule has 0 atom stereocenters. The molecule has 2 rings (SSSR count). The molecule has 2 N–H and O–H groups in total. The Morgan fingerprint density at radius 1 is 1.00 bits per heavy atom. The molecule has 0 aliphatic heterocycles. The largest absolute Gasteiger partial charge is 0.326 e. The van der Waals surface area contributed by atoms with Crippen LogP contribution in [0, 0.1) is 5.82 Å². The van der Waals surface area contributed by atoms with Gasteiger partial charge in [0.05, 0.1) is 0 Å². The number of thioether (sulfide) groups is 1. The van der Waals surface area contributed by atoms with Gasteiger partial charge in [0.25, 0.3) is 0 Å². The Kier molecular flexibility index (Phi) is 4.18. The zero-order valence-electron chi connectivity index (χ0n) is 9.40. The van der Waals surface area contributed by atoms with Crippen molar-refractivity contribution < 1.29 is 4.39 Å². The normalized spacial score (nSPS) is 10.5. The van der Waals surface area contributed by atoms with Gasteiger partial charge in [0.2, 0.25) is 0 Å². The molecule has 17 heavy (non-hydrogen) atoms. The van der Waals surface area contributed by atoms with E-state index in [0.29, 0.717) is 11.4 Å². The highest BCUT2D eigenvalue weighted by atomic mass is 32.2. The summed E-state index contributed by atoms with van der Waals surface area (Å²) in [6.45, 7) is 0.540. The van der Waals surface area contributed by atoms with E-state index in [4.69, 9.17) is 5.73 Å². The monoisotopic (exact) mass is 247 g/mol. The van der Waals surface area contributed by atoms with Gasteiger partial charge in [-0.15, -0.1) is 11.8 Å². The lowest BCUT2D eigenvalue weighted by molar-refractivity contribution is 0.602. The van der Waals surface area contributed by atoms with Crippen LogP contribution in [-0.2, 0) is 12.3 Å². The molecule has 1 nitrogen and oxygen atoms in total. The van der Waals surface area contributed by atoms with Gasteiger partial charge >= 0.3 is 0 Å². The maximum Gasteiger partial charge on any atom is 0.136 e. The van der Waals surface area contributed by atoms with Crippen molar-refractivity contribution in [2.24, 2.45) is 5.73 Å². The second-order valence-electron chi connectivity index (χ2n) is 3.74. The highest BCUT2D eigenvalue weighted by Gasteiger charge is 2.02. The van der Waals surface area contributed by atoms with E-state index in [1.54, 1.807) is 12.1 Å². The Bertz CT molecular complexity index is 499. The van der Waals surface area contributed by atoms with Crippen LogP contribution >= 0.6 is 11.8 Å². The minimum absolute atomic E-state index is 0.160. The topological polar surface area (TPSA) is 26.0 Å². The van der Waals surface area contributed by atoms with Crippen LogP contribution in [0.5, 0.6) is 0 Å². The van der Waals surface area contributed by atoms with E-state index in [1.807, 2.05) is 24.3 Å². The molecule has 0 saturated heterocycles. The van der Waals surface area contributed by atoms with Crippen LogP contribution in [0.1, 0.15) is 11.1 Å². The predicted molar refractivity (Wildman–Crippen MR) is 70.3 cm³/mol. The molecule has 2 aromatic carbocycles. The Morgan fingerprint density at radius 2 is 1.76 bits per heavy atom. The first kappa shape index (κ1) is 12.1. The highest BCUT2D eigenvalue weighted by Crippen LogP contribution is 2.25. The smallest absolute Gasteiger partial charge is 0.136 e. The molecule has 0 amide bonds. The summed E-state index contributed by atoms with van der Waals surface area (Å²) in [4.78, 5) is 0.686. The molecule has 2 aromatic rings. The van der Waals surface area contributed by atoms with E-state index in [1.165, 1.54) is 23.4 Å². The summed E-state index contributed by atoms with van der Waals surface area (Å²) in [6, 6.07) is 14.9. The van der Waals surface area contributed by atoms with Crippen LogP contribution in [0.15, 0.2) is 53.4 Å². The first-order chi connectivity index (χ1) is 8.29. The second-order valence-corrected chi connectivity index (χ2v) is 4.76. The summed E-state index contributed by atoms with van der Waals surface area (Å²) >= 11 is 1.50. The summed E-state index contributed by atoms with van der Waals surface area (Å²) in [5.74, 6) is 0.599. The van der Waals surface area contributed by atoms with E-state index < -0.39 is 0 Å². The minimum Gasteiger partial charge on any atom is -0.326 e. The standard InChI is InChI=1S/C14H14FNS/c15-13-6-1-2-7-14(13)17-10-12-5-3-4-11(8-12)9-16/h1-8H,9-10,16H2. The molecule has 0 aromatic heterocycles. The molecule has 0 aliphatic rings. The maximum atomic E-state index is 13.4. The van der Waals surface area contributed by atoms with Crippen molar-refractivity contribution in [3.63, 3.8) is 0 Å². The van der Waals surface area contributed by atoms with Gasteiger partial charge in [-0.05, 0) is 23.3 Å². The number of halogens is 1. The molecule has 0 heterocycles. The van der Waals surface area contributed by atoms with Gasteiger partial charge < -0.3 is 5.73 Å². The van der Waals surface area contributed by atoms with E-state index in [-0.39, 0.29) is 5.82 Å². The van der Waals surface area contributed by atoms with Crippen LogP contribution in [-0.4, -0.2) is 0 Å². The van der Waals surface area contributed by atoms with E-state index >= 15 is 0 Å². The van der Waals surface area contributed by atoms with E-state index in [9.17, 15) is 4.39 Å². The van der Waals surface area contributed by atoms with E-state index in [2.05, 4.69) is 6.07 Å². The summed E-state index contributed by atoms with van der Waals surface area (Å²) < 4.78 is 13.4. The molecule has 88 valence electrons. The van der Waals surface area contributed by atoms with Crippen molar-refractivity contribution >= 4 is 11.8 Å². The number of rotatable bonds is 4. The fourth-order valence-corrected chi connectivity index (χ4v) is 2.45. The van der Waals surface area contributed by atoms with E-state index in [0.717, 1.165) is 11.3 Å². The number of benzene rings is 2. The first-order valence-electron chi connectivity index (χ1n) is 5.45. The average molecular weight is 247 g/mol. The maximum absolute atomic E-state index is 13.4. The lowest BCUT2D eigenvalue weighted by Crippen LogP contribution is -1.96. The SMILES string of the molecule is NCc1cccc(CSc2ccccc2F)c1. The van der Waals surface area contributed by atoms with Crippen molar-refractivity contribution in [2.75, 3.05) is 0 Å². The molecule has 3 heteroatoms. The van der Waals surface area contributed by atoms with Crippen LogP contribution in [0.25, 0.3) is 0 Å².